The highest BCUT2D eigenvalue weighted by Crippen LogP contribution is 2.20. The topological polar surface area (TPSA) is 128 Å². The van der Waals surface area contributed by atoms with E-state index in [2.05, 4.69) is 51.8 Å². The molecule has 0 saturated heterocycles. The molecule has 0 rings (SSSR count). The van der Waals surface area contributed by atoms with Gasteiger partial charge in [-0.3, -0.25) is 19.2 Å². The summed E-state index contributed by atoms with van der Waals surface area (Å²) in [5, 5.41) is 14.0. The van der Waals surface area contributed by atoms with Crippen molar-refractivity contribution in [1.29, 1.82) is 0 Å². The highest BCUT2D eigenvalue weighted by Gasteiger charge is 2.35. The van der Waals surface area contributed by atoms with Crippen molar-refractivity contribution in [2.24, 2.45) is 5.41 Å². The lowest BCUT2D eigenvalue weighted by molar-refractivity contribution is -0.130. The largest absolute Gasteiger partial charge is 0.357 e. The molecule has 198 valence electrons. The predicted octanol–water partition coefficient (Wildman–Crippen LogP) is 1.04. The van der Waals surface area contributed by atoms with Gasteiger partial charge < -0.3 is 26.6 Å². The molecule has 2 atom stereocenters. The van der Waals surface area contributed by atoms with Gasteiger partial charge in [0.05, 0.1) is 0 Å². The van der Waals surface area contributed by atoms with E-state index in [9.17, 15) is 19.2 Å². The Labute approximate surface area is 215 Å². The van der Waals surface area contributed by atoms with Gasteiger partial charge in [0.2, 0.25) is 23.6 Å². The van der Waals surface area contributed by atoms with Crippen LogP contribution in [-0.2, 0) is 19.2 Å². The fourth-order valence-corrected chi connectivity index (χ4v) is 3.64. The lowest BCUT2D eigenvalue weighted by Gasteiger charge is -2.31. The smallest absolute Gasteiger partial charge is 0.244 e. The van der Waals surface area contributed by atoms with Crippen LogP contribution >= 0.6 is 25.3 Å². The van der Waals surface area contributed by atoms with Crippen LogP contribution in [0.15, 0.2) is 0 Å². The zero-order valence-corrected chi connectivity index (χ0v) is 23.7. The first-order chi connectivity index (χ1) is 15.4. The van der Waals surface area contributed by atoms with E-state index in [4.69, 9.17) is 0 Å². The van der Waals surface area contributed by atoms with Crippen LogP contribution in [0.1, 0.15) is 67.2 Å². The third-order valence-corrected chi connectivity index (χ3v) is 5.76. The maximum atomic E-state index is 12.8. The SMILES string of the molecule is CNCC(C)(C)CNC(=O)C(NC(=O)CCCCC(=O)NC(C(=O)NC)C(C)(C)S)C(C)(C)S. The van der Waals surface area contributed by atoms with Gasteiger partial charge in [-0.2, -0.15) is 25.3 Å². The molecule has 0 heterocycles. The molecule has 0 aromatic rings. The third kappa shape index (κ3) is 12.9. The van der Waals surface area contributed by atoms with Crippen molar-refractivity contribution in [3.63, 3.8) is 0 Å². The molecule has 0 aliphatic rings. The predicted molar refractivity (Wildman–Crippen MR) is 143 cm³/mol. The minimum absolute atomic E-state index is 0.140. The van der Waals surface area contributed by atoms with Crippen LogP contribution in [0.4, 0.5) is 0 Å². The van der Waals surface area contributed by atoms with Crippen molar-refractivity contribution >= 4 is 48.9 Å². The van der Waals surface area contributed by atoms with Crippen molar-refractivity contribution < 1.29 is 19.2 Å². The second-order valence-corrected chi connectivity index (χ2v) is 12.8. The Hall–Kier alpha value is -1.46. The minimum atomic E-state index is -0.803. The molecular weight excluding hydrogens is 474 g/mol. The van der Waals surface area contributed by atoms with Crippen LogP contribution in [0.3, 0.4) is 0 Å². The van der Waals surface area contributed by atoms with Crippen molar-refractivity contribution in [2.75, 3.05) is 27.2 Å². The van der Waals surface area contributed by atoms with Gasteiger partial charge in [0.15, 0.2) is 0 Å². The molecule has 0 aromatic carbocycles. The van der Waals surface area contributed by atoms with Gasteiger partial charge in [-0.1, -0.05) is 13.8 Å². The summed E-state index contributed by atoms with van der Waals surface area (Å²) >= 11 is 8.90. The molecule has 0 spiro atoms. The third-order valence-electron chi connectivity index (χ3n) is 5.25. The number of carbonyl (C=O) groups excluding carboxylic acids is 4. The van der Waals surface area contributed by atoms with Crippen LogP contribution in [0, 0.1) is 5.41 Å². The Morgan fingerprint density at radius 3 is 1.47 bits per heavy atom. The summed E-state index contributed by atoms with van der Waals surface area (Å²) in [5.41, 5.74) is -0.140. The van der Waals surface area contributed by atoms with Gasteiger partial charge in [-0.05, 0) is 53.0 Å². The van der Waals surface area contributed by atoms with E-state index < -0.39 is 21.6 Å². The average Bonchev–Trinajstić information content (AvgIpc) is 2.69. The molecule has 0 saturated carbocycles. The van der Waals surface area contributed by atoms with Gasteiger partial charge in [0, 0.05) is 42.5 Å². The number of amides is 4. The van der Waals surface area contributed by atoms with E-state index in [1.807, 2.05) is 20.9 Å². The Morgan fingerprint density at radius 2 is 1.12 bits per heavy atom. The minimum Gasteiger partial charge on any atom is -0.357 e. The lowest BCUT2D eigenvalue weighted by Crippen LogP contribution is -2.57. The summed E-state index contributed by atoms with van der Waals surface area (Å²) in [6.07, 6.45) is 1.27. The molecule has 9 nitrogen and oxygen atoms in total. The molecule has 34 heavy (non-hydrogen) atoms. The van der Waals surface area contributed by atoms with E-state index in [1.165, 1.54) is 7.05 Å². The first kappa shape index (κ1) is 32.5. The summed E-state index contributed by atoms with van der Waals surface area (Å²) in [4.78, 5) is 49.6. The summed E-state index contributed by atoms with van der Waals surface area (Å²) < 4.78 is -1.49. The molecule has 0 fully saturated rings. The standard InChI is InChI=1S/C23H45N5O4S2/c1-21(2,13-24-7)14-26-20(32)18(23(5,6)34)28-16(30)12-10-9-11-15(29)27-17(19(31)25-8)22(3,4)33/h17-18,24,33-34H,9-14H2,1-8H3,(H,25,31)(H,26,32)(H,27,29)(H,28,30). The first-order valence-corrected chi connectivity index (χ1v) is 12.5. The summed E-state index contributed by atoms with van der Waals surface area (Å²) in [6, 6.07) is -1.57. The number of rotatable bonds is 15. The fourth-order valence-electron chi connectivity index (χ4n) is 3.28. The number of hydrogen-bond acceptors (Lipinski definition) is 7. The van der Waals surface area contributed by atoms with E-state index >= 15 is 0 Å². The second kappa shape index (κ2) is 14.2. The molecule has 0 aliphatic heterocycles. The van der Waals surface area contributed by atoms with E-state index in [-0.39, 0.29) is 41.9 Å². The second-order valence-electron chi connectivity index (χ2n) is 10.5. The molecule has 11 heteroatoms. The Morgan fingerprint density at radius 1 is 0.706 bits per heavy atom. The maximum absolute atomic E-state index is 12.8. The number of hydrogen-bond donors (Lipinski definition) is 7. The molecule has 0 bridgehead atoms. The van der Waals surface area contributed by atoms with Crippen LogP contribution < -0.4 is 26.6 Å². The van der Waals surface area contributed by atoms with E-state index in [0.29, 0.717) is 19.4 Å². The first-order valence-electron chi connectivity index (χ1n) is 11.6. The molecule has 2 unspecified atom stereocenters. The van der Waals surface area contributed by atoms with Gasteiger partial charge in [0.25, 0.3) is 0 Å². The Kier molecular flexibility index (Phi) is 13.6. The molecule has 4 amide bonds. The normalized spacial score (nSPS) is 14.1. The van der Waals surface area contributed by atoms with Gasteiger partial charge in [-0.25, -0.2) is 0 Å². The Bertz CT molecular complexity index is 702. The highest BCUT2D eigenvalue weighted by atomic mass is 32.1. The van der Waals surface area contributed by atoms with E-state index in [1.54, 1.807) is 27.7 Å². The molecule has 0 aromatic heterocycles. The quantitative estimate of drug-likeness (QED) is 0.128. The summed E-state index contributed by atoms with van der Waals surface area (Å²) in [6.45, 7) is 12.3. The Balaban J connectivity index is 4.70. The molecular formula is C23H45N5O4S2. The van der Waals surface area contributed by atoms with Crippen molar-refractivity contribution in [3.8, 4) is 0 Å². The fraction of sp³-hybridized carbons (Fsp3) is 0.826. The average molecular weight is 520 g/mol. The van der Waals surface area contributed by atoms with Crippen molar-refractivity contribution in [3.05, 3.63) is 0 Å². The number of unbranched alkanes of at least 4 members (excludes halogenated alkanes) is 1. The van der Waals surface area contributed by atoms with Crippen molar-refractivity contribution in [2.45, 2.75) is 88.8 Å². The van der Waals surface area contributed by atoms with E-state index in [0.717, 1.165) is 6.54 Å². The summed E-state index contributed by atoms with van der Waals surface area (Å²) in [5.74, 6) is -1.17. The van der Waals surface area contributed by atoms with Crippen LogP contribution in [0.5, 0.6) is 0 Å². The zero-order chi connectivity index (χ0) is 26.7. The maximum Gasteiger partial charge on any atom is 0.244 e. The van der Waals surface area contributed by atoms with Gasteiger partial charge in [-0.15, -0.1) is 0 Å². The molecule has 0 aliphatic carbocycles. The summed E-state index contributed by atoms with van der Waals surface area (Å²) in [7, 11) is 3.36. The number of likely N-dealkylation sites (N-methyl/N-ethyl adjacent to an activating group) is 1. The number of carbonyl (C=O) groups is 4. The van der Waals surface area contributed by atoms with Gasteiger partial charge in [0.1, 0.15) is 12.1 Å². The van der Waals surface area contributed by atoms with Crippen LogP contribution in [-0.4, -0.2) is 72.4 Å². The number of thiol groups is 2. The number of nitrogens with one attached hydrogen (secondary N) is 5. The van der Waals surface area contributed by atoms with Crippen LogP contribution in [0.25, 0.3) is 0 Å². The van der Waals surface area contributed by atoms with Crippen molar-refractivity contribution in [1.82, 2.24) is 26.6 Å². The zero-order valence-electron chi connectivity index (χ0n) is 21.9. The monoisotopic (exact) mass is 519 g/mol. The molecule has 0 radical (unpaired) electrons. The highest BCUT2D eigenvalue weighted by molar-refractivity contribution is 7.82. The molecule has 5 N–H and O–H groups in total. The lowest BCUT2D eigenvalue weighted by atomic mass is 9.93. The van der Waals surface area contributed by atoms with Gasteiger partial charge >= 0.3 is 0 Å². The van der Waals surface area contributed by atoms with Crippen LogP contribution in [0.2, 0.25) is 0 Å².